The molecule has 1 aromatic heterocycles. The Balaban J connectivity index is 1.99. The quantitative estimate of drug-likeness (QED) is 0.765. The predicted molar refractivity (Wildman–Crippen MR) is 118 cm³/mol. The Kier molecular flexibility index (Phi) is 5.73. The van der Waals surface area contributed by atoms with Crippen LogP contribution in [-0.4, -0.2) is 32.1 Å². The van der Waals surface area contributed by atoms with Crippen molar-refractivity contribution in [2.24, 2.45) is 5.73 Å². The minimum Gasteiger partial charge on any atom is -0.493 e. The third-order valence-corrected chi connectivity index (χ3v) is 5.84. The summed E-state index contributed by atoms with van der Waals surface area (Å²) in [6, 6.07) is 9.44. The van der Waals surface area contributed by atoms with Crippen LogP contribution >= 0.6 is 0 Å². The molecule has 2 aromatic rings. The fourth-order valence-electron chi connectivity index (χ4n) is 4.47. The highest BCUT2D eigenvalue weighted by molar-refractivity contribution is 6.01. The van der Waals surface area contributed by atoms with Crippen molar-refractivity contribution in [3.05, 3.63) is 64.9 Å². The Bertz CT molecular complexity index is 1140. The van der Waals surface area contributed by atoms with Gasteiger partial charge in [-0.3, -0.25) is 14.7 Å². The maximum atomic E-state index is 13.2. The molecule has 4 rings (SSSR count). The summed E-state index contributed by atoms with van der Waals surface area (Å²) >= 11 is 0. The second-order valence-corrected chi connectivity index (χ2v) is 7.49. The van der Waals surface area contributed by atoms with E-state index in [1.807, 2.05) is 6.07 Å². The van der Waals surface area contributed by atoms with E-state index in [0.29, 0.717) is 53.3 Å². The zero-order valence-corrected chi connectivity index (χ0v) is 18.2. The lowest BCUT2D eigenvalue weighted by Gasteiger charge is -2.39. The summed E-state index contributed by atoms with van der Waals surface area (Å²) in [5.74, 6) is 0.970. The summed E-state index contributed by atoms with van der Waals surface area (Å²) in [6.07, 6.45) is 5.13. The van der Waals surface area contributed by atoms with Gasteiger partial charge in [0.1, 0.15) is 5.82 Å². The van der Waals surface area contributed by atoms with Gasteiger partial charge in [-0.25, -0.2) is 0 Å². The Morgan fingerprint density at radius 2 is 1.88 bits per heavy atom. The molecule has 2 aliphatic rings. The molecular formula is C24H24N4O4. The van der Waals surface area contributed by atoms with Gasteiger partial charge >= 0.3 is 0 Å². The van der Waals surface area contributed by atoms with E-state index in [-0.39, 0.29) is 17.2 Å². The molecule has 164 valence electrons. The van der Waals surface area contributed by atoms with Crippen LogP contribution < -0.4 is 24.8 Å². The molecular weight excluding hydrogens is 408 g/mol. The van der Waals surface area contributed by atoms with Gasteiger partial charge in [0.15, 0.2) is 17.3 Å². The number of hydrogen-bond acceptors (Lipinski definition) is 8. The number of methoxy groups -OCH3 is 3. The second-order valence-electron chi connectivity index (χ2n) is 7.49. The molecule has 0 fully saturated rings. The van der Waals surface area contributed by atoms with Gasteiger partial charge < -0.3 is 19.9 Å². The molecule has 1 aliphatic carbocycles. The van der Waals surface area contributed by atoms with Crippen molar-refractivity contribution < 1.29 is 19.0 Å². The summed E-state index contributed by atoms with van der Waals surface area (Å²) in [6.45, 7) is 0. The van der Waals surface area contributed by atoms with Gasteiger partial charge in [0.25, 0.3) is 0 Å². The van der Waals surface area contributed by atoms with Crippen molar-refractivity contribution in [1.82, 2.24) is 4.98 Å². The average molecular weight is 432 g/mol. The van der Waals surface area contributed by atoms with Crippen molar-refractivity contribution in [3.63, 3.8) is 0 Å². The number of nitriles is 1. The molecule has 8 nitrogen and oxygen atoms in total. The molecule has 2 heterocycles. The summed E-state index contributed by atoms with van der Waals surface area (Å²) in [4.78, 5) is 19.2. The number of ether oxygens (including phenoxy) is 3. The number of pyridine rings is 1. The molecule has 0 radical (unpaired) electrons. The summed E-state index contributed by atoms with van der Waals surface area (Å²) < 4.78 is 16.4. The smallest absolute Gasteiger partial charge is 0.203 e. The third kappa shape index (κ3) is 3.32. The Morgan fingerprint density at radius 1 is 1.16 bits per heavy atom. The van der Waals surface area contributed by atoms with Gasteiger partial charge in [0.2, 0.25) is 5.75 Å². The van der Waals surface area contributed by atoms with Crippen LogP contribution in [-0.2, 0) is 4.79 Å². The van der Waals surface area contributed by atoms with Crippen molar-refractivity contribution in [2.45, 2.75) is 25.2 Å². The molecule has 0 unspecified atom stereocenters. The Morgan fingerprint density at radius 3 is 2.44 bits per heavy atom. The largest absolute Gasteiger partial charge is 0.493 e. The average Bonchev–Trinajstić information content (AvgIpc) is 2.83. The van der Waals surface area contributed by atoms with Gasteiger partial charge in [0.05, 0.1) is 50.8 Å². The van der Waals surface area contributed by atoms with Gasteiger partial charge in [-0.1, -0.05) is 0 Å². The van der Waals surface area contributed by atoms with Crippen LogP contribution in [0.4, 0.5) is 5.69 Å². The van der Waals surface area contributed by atoms with Crippen LogP contribution in [0, 0.1) is 11.3 Å². The number of Topliss-reactive ketones (excluding diaryl/α,β-unsaturated/α-hetero) is 1. The van der Waals surface area contributed by atoms with E-state index in [2.05, 4.69) is 11.1 Å². The monoisotopic (exact) mass is 432 g/mol. The zero-order chi connectivity index (χ0) is 22.8. The molecule has 0 saturated heterocycles. The molecule has 0 bridgehead atoms. The number of rotatable bonds is 5. The first-order valence-electron chi connectivity index (χ1n) is 10.2. The number of anilines is 1. The van der Waals surface area contributed by atoms with E-state index in [9.17, 15) is 10.1 Å². The Hall–Kier alpha value is -3.99. The first kappa shape index (κ1) is 21.2. The fourth-order valence-corrected chi connectivity index (χ4v) is 4.47. The van der Waals surface area contributed by atoms with Gasteiger partial charge in [-0.05, 0) is 42.7 Å². The topological polar surface area (TPSA) is 111 Å². The Labute approximate surface area is 186 Å². The first-order valence-corrected chi connectivity index (χ1v) is 10.2. The van der Waals surface area contributed by atoms with Gasteiger partial charge in [0, 0.05) is 23.9 Å². The second kappa shape index (κ2) is 8.63. The maximum absolute atomic E-state index is 13.2. The minimum atomic E-state index is -0.635. The number of ketones is 1. The van der Waals surface area contributed by atoms with Crippen molar-refractivity contribution >= 4 is 11.5 Å². The SMILES string of the molecule is COc1cc([C@H]2C(C#N)=C(N)N(c3cccnc3)C3=C2C(=O)CCC3)cc(OC)c1OC. The number of nitrogens with two attached hydrogens (primary N) is 1. The first-order chi connectivity index (χ1) is 15.5. The normalized spacial score (nSPS) is 18.2. The number of allylic oxidation sites excluding steroid dienone is 3. The molecule has 0 spiro atoms. The van der Waals surface area contributed by atoms with E-state index in [1.54, 1.807) is 35.5 Å². The maximum Gasteiger partial charge on any atom is 0.203 e. The number of carbonyl (C=O) groups excluding carboxylic acids is 1. The summed E-state index contributed by atoms with van der Waals surface area (Å²) in [5, 5.41) is 10.1. The number of benzene rings is 1. The van der Waals surface area contributed by atoms with Gasteiger partial charge in [-0.15, -0.1) is 0 Å². The van der Waals surface area contributed by atoms with Crippen LogP contribution in [0.1, 0.15) is 30.7 Å². The molecule has 0 amide bonds. The molecule has 0 saturated carbocycles. The van der Waals surface area contributed by atoms with E-state index >= 15 is 0 Å². The molecule has 2 N–H and O–H groups in total. The predicted octanol–water partition coefficient (Wildman–Crippen LogP) is 3.41. The molecule has 32 heavy (non-hydrogen) atoms. The minimum absolute atomic E-state index is 0.000794. The van der Waals surface area contributed by atoms with Crippen LogP contribution in [0.5, 0.6) is 17.2 Å². The number of hydrogen-bond donors (Lipinski definition) is 1. The van der Waals surface area contributed by atoms with Crippen molar-refractivity contribution in [1.29, 1.82) is 5.26 Å². The fraction of sp³-hybridized carbons (Fsp3) is 0.292. The van der Waals surface area contributed by atoms with E-state index < -0.39 is 5.92 Å². The third-order valence-electron chi connectivity index (χ3n) is 5.84. The zero-order valence-electron chi connectivity index (χ0n) is 18.2. The van der Waals surface area contributed by atoms with E-state index in [1.165, 1.54) is 21.3 Å². The van der Waals surface area contributed by atoms with E-state index in [0.717, 1.165) is 5.70 Å². The lowest BCUT2D eigenvalue weighted by atomic mass is 9.75. The highest BCUT2D eigenvalue weighted by Gasteiger charge is 2.41. The molecule has 1 aromatic carbocycles. The molecule has 1 atom stereocenters. The van der Waals surface area contributed by atoms with Crippen LogP contribution in [0.2, 0.25) is 0 Å². The summed E-state index contributed by atoms with van der Waals surface area (Å²) in [5.41, 5.74) is 9.61. The van der Waals surface area contributed by atoms with Gasteiger partial charge in [-0.2, -0.15) is 5.26 Å². The van der Waals surface area contributed by atoms with E-state index in [4.69, 9.17) is 19.9 Å². The van der Waals surface area contributed by atoms with Crippen LogP contribution in [0.25, 0.3) is 0 Å². The lowest BCUT2D eigenvalue weighted by Crippen LogP contribution is -2.38. The number of nitrogens with zero attached hydrogens (tertiary/aromatic N) is 3. The standard InChI is InChI=1S/C24H24N4O4/c1-30-19-10-14(11-20(31-2)23(19)32-3)21-16(12-25)24(26)28(15-6-5-9-27-13-15)17-7-4-8-18(29)22(17)21/h5-6,9-11,13,21H,4,7-8,26H2,1-3H3/t21-/m0/s1. The molecule has 8 heteroatoms. The molecule has 1 aliphatic heterocycles. The number of aromatic nitrogens is 1. The lowest BCUT2D eigenvalue weighted by molar-refractivity contribution is -0.116. The summed E-state index contributed by atoms with van der Waals surface area (Å²) in [7, 11) is 4.58. The number of carbonyl (C=O) groups is 1. The highest BCUT2D eigenvalue weighted by Crippen LogP contribution is 2.49. The van der Waals surface area contributed by atoms with Crippen molar-refractivity contribution in [2.75, 3.05) is 26.2 Å². The highest BCUT2D eigenvalue weighted by atomic mass is 16.5. The van der Waals surface area contributed by atoms with Crippen LogP contribution in [0.3, 0.4) is 0 Å². The van der Waals surface area contributed by atoms with Crippen LogP contribution in [0.15, 0.2) is 59.3 Å². The van der Waals surface area contributed by atoms with Crippen molar-refractivity contribution in [3.8, 4) is 23.3 Å².